The second-order valence-electron chi connectivity index (χ2n) is 9.53. The van der Waals surface area contributed by atoms with Gasteiger partial charge in [-0.15, -0.1) is 0 Å². The molecule has 0 aliphatic carbocycles. The number of nitrogen functional groups attached to an aromatic ring is 1. The molecule has 1 aliphatic rings. The molecule has 1 aliphatic heterocycles. The first kappa shape index (κ1) is 32.3. The minimum Gasteiger partial charge on any atom is -0.496 e. The third kappa shape index (κ3) is 8.80. The summed E-state index contributed by atoms with van der Waals surface area (Å²) < 4.78 is 7.62. The number of rotatable bonds is 11. The summed E-state index contributed by atoms with van der Waals surface area (Å²) in [7, 11) is 1.72. The topological polar surface area (TPSA) is 106 Å². The fraction of sp³-hybridized carbons (Fsp3) is 0.633. The summed E-state index contributed by atoms with van der Waals surface area (Å²) >= 11 is 0. The largest absolute Gasteiger partial charge is 0.496 e. The number of nitrogens with two attached hydrogens (primary N) is 1. The molecule has 39 heavy (non-hydrogen) atoms. The van der Waals surface area contributed by atoms with Gasteiger partial charge in [0.25, 0.3) is 0 Å². The Hall–Kier alpha value is -2.91. The van der Waals surface area contributed by atoms with Gasteiger partial charge in [-0.3, -0.25) is 9.58 Å². The van der Waals surface area contributed by atoms with Gasteiger partial charge in [-0.25, -0.2) is 4.98 Å². The van der Waals surface area contributed by atoms with Crippen molar-refractivity contribution >= 4 is 22.8 Å². The predicted molar refractivity (Wildman–Crippen MR) is 162 cm³/mol. The number of aliphatic hydroxyl groups excluding tert-OH is 1. The number of methoxy groups -OCH3 is 1. The maximum absolute atomic E-state index is 9.83. The summed E-state index contributed by atoms with van der Waals surface area (Å²) in [6.07, 6.45) is 7.83. The number of hydrogen-bond acceptors (Lipinski definition) is 8. The zero-order chi connectivity index (χ0) is 28.8. The summed E-state index contributed by atoms with van der Waals surface area (Å²) in [6, 6.07) is 6.36. The average molecular weight is 542 g/mol. The molecular weight excluding hydrogens is 490 g/mol. The van der Waals surface area contributed by atoms with E-state index in [1.807, 2.05) is 45.5 Å². The van der Waals surface area contributed by atoms with Crippen molar-refractivity contribution in [3.05, 3.63) is 35.5 Å². The lowest BCUT2D eigenvalue weighted by Gasteiger charge is -2.29. The molecule has 9 nitrogen and oxygen atoms in total. The Morgan fingerprint density at radius 1 is 1.08 bits per heavy atom. The molecule has 3 N–H and O–H groups in total. The van der Waals surface area contributed by atoms with Gasteiger partial charge in [-0.1, -0.05) is 59.6 Å². The highest BCUT2D eigenvalue weighted by Gasteiger charge is 2.21. The Bertz CT molecular complexity index is 1110. The fourth-order valence-electron chi connectivity index (χ4n) is 4.77. The molecule has 1 unspecified atom stereocenters. The van der Waals surface area contributed by atoms with Crippen LogP contribution in [0, 0.1) is 0 Å². The van der Waals surface area contributed by atoms with Crippen LogP contribution >= 0.6 is 0 Å². The molecule has 1 atom stereocenters. The molecule has 9 heteroatoms. The summed E-state index contributed by atoms with van der Waals surface area (Å²) in [5.41, 5.74) is 9.77. The van der Waals surface area contributed by atoms with E-state index in [-0.39, 0.29) is 18.6 Å². The lowest BCUT2D eigenvalue weighted by molar-refractivity contribution is 0.220. The second kappa shape index (κ2) is 16.9. The molecule has 1 fully saturated rings. The van der Waals surface area contributed by atoms with Crippen molar-refractivity contribution < 1.29 is 9.84 Å². The molecule has 1 aromatic carbocycles. The van der Waals surface area contributed by atoms with Crippen LogP contribution in [0.4, 0.5) is 11.8 Å². The van der Waals surface area contributed by atoms with Crippen molar-refractivity contribution in [2.45, 2.75) is 92.8 Å². The Morgan fingerprint density at radius 2 is 1.79 bits per heavy atom. The first-order chi connectivity index (χ1) is 19.0. The molecule has 0 radical (unpaired) electrons. The quantitative estimate of drug-likeness (QED) is 0.328. The van der Waals surface area contributed by atoms with Crippen LogP contribution in [0.5, 0.6) is 5.75 Å². The first-order valence-corrected chi connectivity index (χ1v) is 14.8. The van der Waals surface area contributed by atoms with Crippen LogP contribution in [0.1, 0.15) is 84.8 Å². The van der Waals surface area contributed by atoms with Gasteiger partial charge in [0.1, 0.15) is 11.3 Å². The predicted octanol–water partition coefficient (Wildman–Crippen LogP) is 5.49. The smallest absolute Gasteiger partial charge is 0.222 e. The molecule has 218 valence electrons. The van der Waals surface area contributed by atoms with Crippen molar-refractivity contribution in [2.24, 2.45) is 0 Å². The highest BCUT2D eigenvalue weighted by atomic mass is 16.5. The number of anilines is 2. The molecule has 0 bridgehead atoms. The second-order valence-corrected chi connectivity index (χ2v) is 9.53. The number of ether oxygens (including phenoxy) is 1. The standard InChI is InChI=1S/C26H39N7O2.2C2H6/c1-4-5-13-33(19(2)18-34)25-24-22(28-26(27)29-25)17-32(30-24)16-21-10-9-20(14-23(21)35-3)15-31-11-7-6-8-12-31;2*1-2/h9-10,14,17,19,34H,4-8,11-13,15-16,18H2,1-3H3,(H2,27,28);2*1-2H3. The van der Waals surface area contributed by atoms with Crippen LogP contribution in [0.2, 0.25) is 0 Å². The summed E-state index contributed by atoms with van der Waals surface area (Å²) in [5, 5.41) is 14.7. The van der Waals surface area contributed by atoms with Gasteiger partial charge in [-0.2, -0.15) is 10.1 Å². The number of piperidine rings is 1. The van der Waals surface area contributed by atoms with Gasteiger partial charge in [0.15, 0.2) is 11.3 Å². The number of aromatic nitrogens is 4. The van der Waals surface area contributed by atoms with Crippen molar-refractivity contribution in [2.75, 3.05) is 44.0 Å². The first-order valence-electron chi connectivity index (χ1n) is 14.8. The van der Waals surface area contributed by atoms with Crippen LogP contribution < -0.4 is 15.4 Å². The lowest BCUT2D eigenvalue weighted by Crippen LogP contribution is -2.37. The van der Waals surface area contributed by atoms with Crippen molar-refractivity contribution in [1.82, 2.24) is 24.6 Å². The zero-order valence-electron chi connectivity index (χ0n) is 25.3. The maximum Gasteiger partial charge on any atom is 0.222 e. The molecule has 2 aromatic heterocycles. The van der Waals surface area contributed by atoms with Gasteiger partial charge in [-0.05, 0) is 50.9 Å². The molecule has 3 heterocycles. The molecule has 1 saturated heterocycles. The van der Waals surface area contributed by atoms with Gasteiger partial charge >= 0.3 is 0 Å². The van der Waals surface area contributed by atoms with E-state index in [0.717, 1.165) is 37.2 Å². The number of hydrogen-bond donors (Lipinski definition) is 2. The Kier molecular flexibility index (Phi) is 14.0. The van der Waals surface area contributed by atoms with E-state index in [1.54, 1.807) is 7.11 Å². The maximum atomic E-state index is 9.83. The van der Waals surface area contributed by atoms with E-state index in [9.17, 15) is 5.11 Å². The fourth-order valence-corrected chi connectivity index (χ4v) is 4.77. The number of unbranched alkanes of at least 4 members (excludes halogenated alkanes) is 1. The van der Waals surface area contributed by atoms with Gasteiger partial charge in [0.05, 0.1) is 32.5 Å². The highest BCUT2D eigenvalue weighted by molar-refractivity contribution is 5.86. The lowest BCUT2D eigenvalue weighted by atomic mass is 10.1. The summed E-state index contributed by atoms with van der Waals surface area (Å²) in [4.78, 5) is 13.5. The third-order valence-corrected chi connectivity index (χ3v) is 6.77. The van der Waals surface area contributed by atoms with Crippen LogP contribution in [0.15, 0.2) is 24.4 Å². The highest BCUT2D eigenvalue weighted by Crippen LogP contribution is 2.27. The molecule has 0 amide bonds. The van der Waals surface area contributed by atoms with Gasteiger partial charge in [0.2, 0.25) is 5.95 Å². The monoisotopic (exact) mass is 541 g/mol. The molecule has 3 aromatic rings. The van der Waals surface area contributed by atoms with Gasteiger partial charge < -0.3 is 20.5 Å². The van der Waals surface area contributed by atoms with Crippen molar-refractivity contribution in [3.63, 3.8) is 0 Å². The number of nitrogens with zero attached hydrogens (tertiary/aromatic N) is 6. The minimum atomic E-state index is -0.100. The van der Waals surface area contributed by atoms with E-state index in [1.165, 1.54) is 37.9 Å². The molecule has 0 saturated carbocycles. The Balaban J connectivity index is 0.00000127. The Morgan fingerprint density at radius 3 is 2.44 bits per heavy atom. The van der Waals surface area contributed by atoms with E-state index < -0.39 is 0 Å². The average Bonchev–Trinajstić information content (AvgIpc) is 3.38. The van der Waals surface area contributed by atoms with E-state index >= 15 is 0 Å². The van der Waals surface area contributed by atoms with E-state index in [4.69, 9.17) is 15.6 Å². The molecule has 0 spiro atoms. The van der Waals surface area contributed by atoms with E-state index in [0.29, 0.717) is 23.4 Å². The van der Waals surface area contributed by atoms with Crippen molar-refractivity contribution in [3.8, 4) is 5.75 Å². The number of benzene rings is 1. The molecular formula is C30H51N7O2. The molecule has 4 rings (SSSR count). The summed E-state index contributed by atoms with van der Waals surface area (Å²) in [6.45, 7) is 16.8. The Labute approximate surface area is 235 Å². The number of likely N-dealkylation sites (tertiary alicyclic amines) is 1. The minimum absolute atomic E-state index is 0.0246. The number of fused-ring (bicyclic) bond motifs is 1. The van der Waals surface area contributed by atoms with Gasteiger partial charge in [0, 0.05) is 18.7 Å². The van der Waals surface area contributed by atoms with Crippen LogP contribution in [-0.4, -0.2) is 69.1 Å². The third-order valence-electron chi connectivity index (χ3n) is 6.77. The van der Waals surface area contributed by atoms with Crippen LogP contribution in [-0.2, 0) is 13.1 Å². The van der Waals surface area contributed by atoms with E-state index in [2.05, 4.69) is 44.9 Å². The SMILES string of the molecule is CC.CC.CCCCN(c1nc(N)nc2cn(Cc3ccc(CN4CCCCC4)cc3OC)nc12)C(C)CO. The number of aliphatic hydroxyl groups is 1. The summed E-state index contributed by atoms with van der Waals surface area (Å²) in [5.74, 6) is 1.74. The van der Waals surface area contributed by atoms with Crippen LogP contribution in [0.25, 0.3) is 11.0 Å². The van der Waals surface area contributed by atoms with Crippen molar-refractivity contribution in [1.29, 1.82) is 0 Å². The normalized spacial score (nSPS) is 14.2. The van der Waals surface area contributed by atoms with Crippen LogP contribution in [0.3, 0.4) is 0 Å². The zero-order valence-corrected chi connectivity index (χ0v) is 25.3.